The van der Waals surface area contributed by atoms with Crippen molar-refractivity contribution in [1.82, 2.24) is 15.5 Å². The summed E-state index contributed by atoms with van der Waals surface area (Å²) in [6.45, 7) is 4.69. The molecule has 1 aliphatic rings. The van der Waals surface area contributed by atoms with Crippen LogP contribution in [0.25, 0.3) is 0 Å². The fraction of sp³-hybridized carbons (Fsp3) is 0.391. The average Bonchev–Trinajstić information content (AvgIpc) is 3.09. The molecule has 0 aliphatic carbocycles. The second-order valence-electron chi connectivity index (χ2n) is 7.67. The van der Waals surface area contributed by atoms with Crippen molar-refractivity contribution in [2.24, 2.45) is 10.7 Å². The van der Waals surface area contributed by atoms with Crippen LogP contribution in [-0.2, 0) is 17.9 Å². The fourth-order valence-corrected chi connectivity index (χ4v) is 3.71. The van der Waals surface area contributed by atoms with Gasteiger partial charge in [-0.15, -0.1) is 24.0 Å². The van der Waals surface area contributed by atoms with Gasteiger partial charge in [-0.05, 0) is 36.6 Å². The molecule has 31 heavy (non-hydrogen) atoms. The smallest absolute Gasteiger partial charge is 0.255 e. The molecule has 7 nitrogen and oxygen atoms in total. The van der Waals surface area contributed by atoms with E-state index in [1.54, 1.807) is 13.1 Å². The zero-order valence-electron chi connectivity index (χ0n) is 18.1. The summed E-state index contributed by atoms with van der Waals surface area (Å²) >= 11 is 0. The summed E-state index contributed by atoms with van der Waals surface area (Å²) in [6.07, 6.45) is 1.07. The summed E-state index contributed by atoms with van der Waals surface area (Å²) < 4.78 is 5.37. The summed E-state index contributed by atoms with van der Waals surface area (Å²) in [5.41, 5.74) is 7.50. The third-order valence-corrected chi connectivity index (χ3v) is 5.24. The molecule has 0 aromatic heterocycles. The van der Waals surface area contributed by atoms with Crippen LogP contribution in [0.1, 0.15) is 24.5 Å². The molecule has 0 bridgehead atoms. The largest absolute Gasteiger partial charge is 0.484 e. The van der Waals surface area contributed by atoms with E-state index >= 15 is 0 Å². The summed E-state index contributed by atoms with van der Waals surface area (Å²) in [5.74, 6) is 0.907. The average molecular weight is 537 g/mol. The van der Waals surface area contributed by atoms with Crippen molar-refractivity contribution >= 4 is 35.8 Å². The standard InChI is InChI=1S/C23H31N5O2.HI/c1-17-11-20(15-28(17)14-18-7-4-3-5-8-18)27-23(25-2)26-13-19-9-6-10-21(12-19)30-16-22(24)29;/h3-10,12,17,20H,11,13-16H2,1-2H3,(H2,24,29)(H2,25,26,27);1H. The normalized spacial score (nSPS) is 18.8. The number of ether oxygens (including phenoxy) is 1. The van der Waals surface area contributed by atoms with Gasteiger partial charge in [0, 0.05) is 38.8 Å². The van der Waals surface area contributed by atoms with Crippen molar-refractivity contribution in [2.45, 2.75) is 38.5 Å². The molecular weight excluding hydrogens is 505 g/mol. The van der Waals surface area contributed by atoms with Gasteiger partial charge in [0.2, 0.25) is 0 Å². The van der Waals surface area contributed by atoms with Crippen molar-refractivity contribution in [2.75, 3.05) is 20.2 Å². The Kier molecular flexibility index (Phi) is 10.1. The lowest BCUT2D eigenvalue weighted by molar-refractivity contribution is -0.119. The van der Waals surface area contributed by atoms with Gasteiger partial charge in [-0.3, -0.25) is 14.7 Å². The number of hydrogen-bond donors (Lipinski definition) is 3. The van der Waals surface area contributed by atoms with Crippen LogP contribution in [0.5, 0.6) is 5.75 Å². The van der Waals surface area contributed by atoms with Crippen LogP contribution < -0.4 is 21.1 Å². The van der Waals surface area contributed by atoms with Gasteiger partial charge < -0.3 is 21.1 Å². The number of nitrogens with two attached hydrogens (primary N) is 1. The number of nitrogens with one attached hydrogen (secondary N) is 2. The fourth-order valence-electron chi connectivity index (χ4n) is 3.71. The van der Waals surface area contributed by atoms with Crippen molar-refractivity contribution < 1.29 is 9.53 Å². The predicted molar refractivity (Wildman–Crippen MR) is 135 cm³/mol. The van der Waals surface area contributed by atoms with Gasteiger partial charge in [-0.25, -0.2) is 0 Å². The molecule has 2 atom stereocenters. The zero-order chi connectivity index (χ0) is 21.3. The molecule has 1 amide bonds. The quantitative estimate of drug-likeness (QED) is 0.274. The van der Waals surface area contributed by atoms with Crippen molar-refractivity contribution in [3.63, 3.8) is 0 Å². The number of primary amides is 1. The number of hydrogen-bond acceptors (Lipinski definition) is 4. The van der Waals surface area contributed by atoms with E-state index in [0.717, 1.165) is 31.0 Å². The first kappa shape index (κ1) is 24.9. The van der Waals surface area contributed by atoms with E-state index in [4.69, 9.17) is 10.5 Å². The number of aliphatic imine (C=N–C) groups is 1. The first-order chi connectivity index (χ1) is 14.5. The summed E-state index contributed by atoms with van der Waals surface area (Å²) in [5, 5.41) is 6.90. The Hall–Kier alpha value is -2.33. The van der Waals surface area contributed by atoms with Gasteiger partial charge in [-0.1, -0.05) is 42.5 Å². The van der Waals surface area contributed by atoms with E-state index in [9.17, 15) is 4.79 Å². The third kappa shape index (κ3) is 8.02. The molecule has 1 aliphatic heterocycles. The van der Waals surface area contributed by atoms with Crippen molar-refractivity contribution in [1.29, 1.82) is 0 Å². The summed E-state index contributed by atoms with van der Waals surface area (Å²) in [6, 6.07) is 19.0. The molecule has 0 spiro atoms. The molecule has 168 valence electrons. The number of carbonyl (C=O) groups is 1. The number of likely N-dealkylation sites (tertiary alicyclic amines) is 1. The Morgan fingerprint density at radius 3 is 2.65 bits per heavy atom. The van der Waals surface area contributed by atoms with Crippen LogP contribution in [0.15, 0.2) is 59.6 Å². The summed E-state index contributed by atoms with van der Waals surface area (Å²) in [4.78, 5) is 17.7. The zero-order valence-corrected chi connectivity index (χ0v) is 20.4. The summed E-state index contributed by atoms with van der Waals surface area (Å²) in [7, 11) is 1.78. The Morgan fingerprint density at radius 2 is 1.94 bits per heavy atom. The number of amides is 1. The lowest BCUT2D eigenvalue weighted by Crippen LogP contribution is -2.44. The van der Waals surface area contributed by atoms with Gasteiger partial charge in [0.25, 0.3) is 5.91 Å². The molecule has 2 aromatic rings. The Bertz CT molecular complexity index is 862. The van der Waals surface area contributed by atoms with Gasteiger partial charge in [0.1, 0.15) is 5.75 Å². The molecule has 1 saturated heterocycles. The Morgan fingerprint density at radius 1 is 1.19 bits per heavy atom. The van der Waals surface area contributed by atoms with Gasteiger partial charge in [-0.2, -0.15) is 0 Å². The van der Waals surface area contributed by atoms with Crippen LogP contribution in [0.2, 0.25) is 0 Å². The number of carbonyl (C=O) groups excluding carboxylic acids is 1. The molecule has 1 fully saturated rings. The minimum atomic E-state index is -0.491. The van der Waals surface area contributed by atoms with E-state index in [2.05, 4.69) is 57.8 Å². The minimum Gasteiger partial charge on any atom is -0.484 e. The molecule has 2 unspecified atom stereocenters. The lowest BCUT2D eigenvalue weighted by atomic mass is 10.2. The van der Waals surface area contributed by atoms with Crippen LogP contribution in [0.3, 0.4) is 0 Å². The van der Waals surface area contributed by atoms with E-state index in [1.807, 2.05) is 18.2 Å². The van der Waals surface area contributed by atoms with Gasteiger partial charge in [0.15, 0.2) is 12.6 Å². The Labute approximate surface area is 201 Å². The van der Waals surface area contributed by atoms with Crippen molar-refractivity contribution in [3.8, 4) is 5.75 Å². The molecule has 3 rings (SSSR count). The second-order valence-corrected chi connectivity index (χ2v) is 7.67. The number of guanidine groups is 1. The maximum atomic E-state index is 10.9. The highest BCUT2D eigenvalue weighted by Crippen LogP contribution is 2.20. The molecule has 2 aromatic carbocycles. The van der Waals surface area contributed by atoms with E-state index in [0.29, 0.717) is 24.4 Å². The predicted octanol–water partition coefficient (Wildman–Crippen LogP) is 2.50. The molecule has 0 radical (unpaired) electrons. The third-order valence-electron chi connectivity index (χ3n) is 5.24. The highest BCUT2D eigenvalue weighted by Gasteiger charge is 2.29. The lowest BCUT2D eigenvalue weighted by Gasteiger charge is -2.21. The molecular formula is C23H32IN5O2. The number of rotatable bonds is 8. The molecule has 0 saturated carbocycles. The topological polar surface area (TPSA) is 92.0 Å². The maximum absolute atomic E-state index is 10.9. The van der Waals surface area contributed by atoms with Crippen LogP contribution in [0.4, 0.5) is 0 Å². The van der Waals surface area contributed by atoms with Gasteiger partial charge in [0.05, 0.1) is 0 Å². The molecule has 8 heteroatoms. The van der Waals surface area contributed by atoms with Crippen molar-refractivity contribution in [3.05, 3.63) is 65.7 Å². The number of nitrogens with zero attached hydrogens (tertiary/aromatic N) is 2. The highest BCUT2D eigenvalue weighted by molar-refractivity contribution is 14.0. The van der Waals surface area contributed by atoms with Crippen LogP contribution in [0, 0.1) is 0 Å². The Balaban J connectivity index is 0.00000341. The van der Waals surface area contributed by atoms with Crippen LogP contribution >= 0.6 is 24.0 Å². The van der Waals surface area contributed by atoms with E-state index < -0.39 is 5.91 Å². The minimum absolute atomic E-state index is 0. The highest BCUT2D eigenvalue weighted by atomic mass is 127. The van der Waals surface area contributed by atoms with Crippen LogP contribution in [-0.4, -0.2) is 49.0 Å². The van der Waals surface area contributed by atoms with E-state index in [-0.39, 0.29) is 30.6 Å². The molecule has 1 heterocycles. The number of benzene rings is 2. The van der Waals surface area contributed by atoms with E-state index in [1.165, 1.54) is 5.56 Å². The monoisotopic (exact) mass is 537 g/mol. The van der Waals surface area contributed by atoms with Gasteiger partial charge >= 0.3 is 0 Å². The maximum Gasteiger partial charge on any atom is 0.255 e. The second kappa shape index (κ2) is 12.5. The first-order valence-corrected chi connectivity index (χ1v) is 10.3. The number of halogens is 1. The SMILES string of the molecule is CN=C(NCc1cccc(OCC(N)=O)c1)NC1CC(C)N(Cc2ccccc2)C1.I. The first-order valence-electron chi connectivity index (χ1n) is 10.3. The molecule has 4 N–H and O–H groups in total.